The summed E-state index contributed by atoms with van der Waals surface area (Å²) in [6, 6.07) is 1.76. The van der Waals surface area contributed by atoms with Crippen molar-refractivity contribution in [2.45, 2.75) is 26.8 Å². The van der Waals surface area contributed by atoms with Crippen LogP contribution in [0.5, 0.6) is 0 Å². The Labute approximate surface area is 92.1 Å². The topological polar surface area (TPSA) is 39.3 Å². The summed E-state index contributed by atoms with van der Waals surface area (Å²) in [5, 5.41) is 0.467. The summed E-state index contributed by atoms with van der Waals surface area (Å²) in [6.07, 6.45) is 2.53. The predicted octanol–water partition coefficient (Wildman–Crippen LogP) is 1.87. The number of fused-ring (bicyclic) bond motifs is 1. The lowest BCUT2D eigenvalue weighted by atomic mass is 10.4. The molecule has 2 rings (SSSR count). The van der Waals surface area contributed by atoms with Gasteiger partial charge >= 0.3 is 5.69 Å². The normalized spacial score (nSPS) is 11.1. The van der Waals surface area contributed by atoms with E-state index in [4.69, 9.17) is 11.6 Å². The van der Waals surface area contributed by atoms with Crippen LogP contribution in [-0.2, 0) is 6.54 Å². The van der Waals surface area contributed by atoms with Crippen LogP contribution >= 0.6 is 11.6 Å². The van der Waals surface area contributed by atoms with E-state index in [-0.39, 0.29) is 5.69 Å². The third-order valence-corrected chi connectivity index (χ3v) is 2.67. The average Bonchev–Trinajstić information content (AvgIpc) is 2.54. The molecular weight excluding hydrogens is 214 g/mol. The maximum absolute atomic E-state index is 12.0. The second-order valence-electron chi connectivity index (χ2n) is 3.47. The molecule has 0 N–H and O–H groups in total. The van der Waals surface area contributed by atoms with Crippen LogP contribution in [0.1, 0.15) is 19.2 Å². The Kier molecular flexibility index (Phi) is 2.52. The van der Waals surface area contributed by atoms with E-state index in [0.717, 1.165) is 11.9 Å². The Balaban J connectivity index is 2.81. The van der Waals surface area contributed by atoms with E-state index in [1.165, 1.54) is 0 Å². The number of aryl methyl sites for hydroxylation is 1. The van der Waals surface area contributed by atoms with Crippen molar-refractivity contribution in [3.8, 4) is 0 Å². The van der Waals surface area contributed by atoms with Crippen molar-refractivity contribution in [3.05, 3.63) is 33.7 Å². The lowest BCUT2D eigenvalue weighted by Gasteiger charge is -2.07. The summed E-state index contributed by atoms with van der Waals surface area (Å²) < 4.78 is 3.13. The molecule has 0 aliphatic rings. The molecule has 0 aliphatic heterocycles. The molecule has 0 bridgehead atoms. The summed E-state index contributed by atoms with van der Waals surface area (Å²) >= 11 is 6.02. The number of halogens is 1. The quantitative estimate of drug-likeness (QED) is 0.732. The lowest BCUT2D eigenvalue weighted by Crippen LogP contribution is -2.27. The number of hydrogen-bond acceptors (Lipinski definition) is 2. The van der Waals surface area contributed by atoms with E-state index >= 15 is 0 Å². The van der Waals surface area contributed by atoms with Gasteiger partial charge in [0.25, 0.3) is 0 Å². The summed E-state index contributed by atoms with van der Waals surface area (Å²) in [7, 11) is 0. The molecule has 15 heavy (non-hydrogen) atoms. The van der Waals surface area contributed by atoms with Gasteiger partial charge in [0.1, 0.15) is 11.0 Å². The van der Waals surface area contributed by atoms with Gasteiger partial charge in [0, 0.05) is 6.54 Å². The number of rotatable bonds is 2. The molecule has 0 saturated carbocycles. The molecular formula is C10H12ClN3O. The Morgan fingerprint density at radius 3 is 2.93 bits per heavy atom. The fourth-order valence-corrected chi connectivity index (χ4v) is 1.92. The third-order valence-electron chi connectivity index (χ3n) is 2.36. The smallest absolute Gasteiger partial charge is 0.284 e. The van der Waals surface area contributed by atoms with E-state index in [1.807, 2.05) is 6.92 Å². The molecule has 5 heteroatoms. The molecule has 0 aromatic carbocycles. The monoisotopic (exact) mass is 225 g/mol. The Morgan fingerprint density at radius 1 is 1.53 bits per heavy atom. The largest absolute Gasteiger partial charge is 0.335 e. The van der Waals surface area contributed by atoms with Crippen molar-refractivity contribution >= 4 is 17.1 Å². The van der Waals surface area contributed by atoms with Crippen LogP contribution in [0.15, 0.2) is 17.1 Å². The minimum absolute atomic E-state index is 0.116. The van der Waals surface area contributed by atoms with Crippen LogP contribution in [0.2, 0.25) is 5.15 Å². The van der Waals surface area contributed by atoms with Crippen LogP contribution < -0.4 is 5.69 Å². The van der Waals surface area contributed by atoms with Crippen molar-refractivity contribution in [2.75, 3.05) is 0 Å². The van der Waals surface area contributed by atoms with Gasteiger partial charge in [0.05, 0.1) is 11.7 Å². The second-order valence-corrected chi connectivity index (χ2v) is 3.85. The maximum Gasteiger partial charge on any atom is 0.335 e. The molecule has 0 saturated heterocycles. The van der Waals surface area contributed by atoms with Crippen molar-refractivity contribution in [1.29, 1.82) is 0 Å². The molecule has 0 aliphatic carbocycles. The second kappa shape index (κ2) is 3.70. The molecule has 4 nitrogen and oxygen atoms in total. The molecule has 0 amide bonds. The minimum Gasteiger partial charge on any atom is -0.284 e. The van der Waals surface area contributed by atoms with Crippen molar-refractivity contribution < 1.29 is 0 Å². The van der Waals surface area contributed by atoms with Crippen LogP contribution in [0, 0.1) is 6.92 Å². The summed E-state index contributed by atoms with van der Waals surface area (Å²) in [6.45, 7) is 4.44. The van der Waals surface area contributed by atoms with E-state index in [2.05, 4.69) is 4.98 Å². The molecule has 80 valence electrons. The van der Waals surface area contributed by atoms with Gasteiger partial charge < -0.3 is 0 Å². The molecule has 0 fully saturated rings. The van der Waals surface area contributed by atoms with Gasteiger partial charge in [0.2, 0.25) is 0 Å². The predicted molar refractivity (Wildman–Crippen MR) is 59.5 cm³/mol. The summed E-state index contributed by atoms with van der Waals surface area (Å²) in [5.41, 5.74) is 0.629. The molecule has 2 aromatic rings. The first-order chi connectivity index (χ1) is 7.15. The maximum atomic E-state index is 12.0. The van der Waals surface area contributed by atoms with Gasteiger partial charge in [-0.3, -0.25) is 4.57 Å². The lowest BCUT2D eigenvalue weighted by molar-refractivity contribution is 0.626. The molecule has 0 radical (unpaired) electrons. The van der Waals surface area contributed by atoms with E-state index in [9.17, 15) is 4.79 Å². The highest BCUT2D eigenvalue weighted by Crippen LogP contribution is 2.11. The van der Waals surface area contributed by atoms with Crippen molar-refractivity contribution in [1.82, 2.24) is 14.0 Å². The fourth-order valence-electron chi connectivity index (χ4n) is 1.65. The minimum atomic E-state index is -0.116. The van der Waals surface area contributed by atoms with E-state index < -0.39 is 0 Å². The molecule has 0 unspecified atom stereocenters. The zero-order valence-electron chi connectivity index (χ0n) is 8.70. The van der Waals surface area contributed by atoms with Gasteiger partial charge in [-0.25, -0.2) is 14.2 Å². The molecule has 0 spiro atoms. The Morgan fingerprint density at radius 2 is 2.27 bits per heavy atom. The third kappa shape index (κ3) is 1.55. The van der Waals surface area contributed by atoms with Gasteiger partial charge in [0.15, 0.2) is 0 Å². The van der Waals surface area contributed by atoms with Crippen LogP contribution in [0.3, 0.4) is 0 Å². The molecule has 2 aromatic heterocycles. The number of nitrogens with zero attached hydrogens (tertiary/aromatic N) is 3. The highest BCUT2D eigenvalue weighted by Gasteiger charge is 2.08. The standard InChI is InChI=1S/C10H12ClN3O/c1-3-4-13-9(11)5-8-6-12-7(2)14(8)10(13)15/h5-6H,3-4H2,1-2H3. The van der Waals surface area contributed by atoms with E-state index in [0.29, 0.717) is 17.5 Å². The first kappa shape index (κ1) is 10.2. The average molecular weight is 226 g/mol. The Bertz CT molecular complexity index is 556. The number of imidazole rings is 1. The van der Waals surface area contributed by atoms with Gasteiger partial charge in [-0.15, -0.1) is 0 Å². The number of hydrogen-bond donors (Lipinski definition) is 0. The SMILES string of the molecule is CCCn1c(Cl)cc2cnc(C)n2c1=O. The van der Waals surface area contributed by atoms with Crippen molar-refractivity contribution in [3.63, 3.8) is 0 Å². The van der Waals surface area contributed by atoms with Gasteiger partial charge in [-0.1, -0.05) is 18.5 Å². The summed E-state index contributed by atoms with van der Waals surface area (Å²) in [5.74, 6) is 0.691. The fraction of sp³-hybridized carbons (Fsp3) is 0.400. The van der Waals surface area contributed by atoms with Crippen LogP contribution in [0.4, 0.5) is 0 Å². The number of aromatic nitrogens is 3. The zero-order valence-corrected chi connectivity index (χ0v) is 9.45. The molecule has 0 atom stereocenters. The van der Waals surface area contributed by atoms with Crippen LogP contribution in [-0.4, -0.2) is 14.0 Å². The van der Waals surface area contributed by atoms with Crippen LogP contribution in [0.25, 0.3) is 5.52 Å². The first-order valence-electron chi connectivity index (χ1n) is 4.88. The Hall–Kier alpha value is -1.29. The van der Waals surface area contributed by atoms with Gasteiger partial charge in [-0.2, -0.15) is 0 Å². The molecule has 2 heterocycles. The first-order valence-corrected chi connectivity index (χ1v) is 5.26. The summed E-state index contributed by atoms with van der Waals surface area (Å²) in [4.78, 5) is 16.1. The van der Waals surface area contributed by atoms with E-state index in [1.54, 1.807) is 28.2 Å². The van der Waals surface area contributed by atoms with Crippen molar-refractivity contribution in [2.24, 2.45) is 0 Å². The van der Waals surface area contributed by atoms with Gasteiger partial charge in [-0.05, 0) is 19.4 Å². The highest BCUT2D eigenvalue weighted by molar-refractivity contribution is 6.29. The zero-order chi connectivity index (χ0) is 11.0. The highest BCUT2D eigenvalue weighted by atomic mass is 35.5.